The van der Waals surface area contributed by atoms with E-state index in [0.717, 1.165) is 11.8 Å². The van der Waals surface area contributed by atoms with Gasteiger partial charge in [0.25, 0.3) is 0 Å². The second-order valence-corrected chi connectivity index (χ2v) is 4.57. The van der Waals surface area contributed by atoms with Gasteiger partial charge in [0, 0.05) is 10.6 Å². The van der Waals surface area contributed by atoms with Crippen LogP contribution in [0.2, 0.25) is 5.02 Å². The van der Waals surface area contributed by atoms with Crippen molar-refractivity contribution in [2.45, 2.75) is 13.5 Å². The van der Waals surface area contributed by atoms with Crippen LogP contribution in [0.1, 0.15) is 21.5 Å². The van der Waals surface area contributed by atoms with E-state index in [0.29, 0.717) is 21.9 Å². The molecule has 0 heterocycles. The summed E-state index contributed by atoms with van der Waals surface area (Å²) in [6, 6.07) is 9.67. The van der Waals surface area contributed by atoms with E-state index < -0.39 is 5.82 Å². The van der Waals surface area contributed by atoms with Crippen LogP contribution in [-0.2, 0) is 6.61 Å². The quantitative estimate of drug-likeness (QED) is 0.784. The van der Waals surface area contributed by atoms with Crippen LogP contribution in [-0.4, -0.2) is 6.29 Å². The highest BCUT2D eigenvalue weighted by Gasteiger charge is 2.08. The Hall–Kier alpha value is -1.87. The second kappa shape index (κ2) is 5.85. The molecule has 0 fully saturated rings. The molecule has 4 heteroatoms. The number of hydrogen-bond acceptors (Lipinski definition) is 2. The van der Waals surface area contributed by atoms with Gasteiger partial charge in [-0.2, -0.15) is 0 Å². The van der Waals surface area contributed by atoms with Crippen molar-refractivity contribution in [3.8, 4) is 5.75 Å². The van der Waals surface area contributed by atoms with E-state index in [-0.39, 0.29) is 6.61 Å². The highest BCUT2D eigenvalue weighted by molar-refractivity contribution is 6.30. The number of para-hydroxylation sites is 1. The van der Waals surface area contributed by atoms with Gasteiger partial charge in [0.15, 0.2) is 6.29 Å². The zero-order chi connectivity index (χ0) is 13.8. The normalized spacial score (nSPS) is 10.3. The lowest BCUT2D eigenvalue weighted by Gasteiger charge is -2.11. The van der Waals surface area contributed by atoms with E-state index >= 15 is 0 Å². The van der Waals surface area contributed by atoms with Gasteiger partial charge in [-0.3, -0.25) is 4.79 Å². The molecule has 2 rings (SSSR count). The molecule has 2 aromatic carbocycles. The number of aryl methyl sites for hydroxylation is 1. The van der Waals surface area contributed by atoms with Crippen molar-refractivity contribution < 1.29 is 13.9 Å². The molecule has 2 aromatic rings. The Labute approximate surface area is 115 Å². The minimum atomic E-state index is -0.422. The molecule has 0 saturated carbocycles. The first-order valence-corrected chi connectivity index (χ1v) is 6.11. The van der Waals surface area contributed by atoms with Gasteiger partial charge in [0.1, 0.15) is 18.2 Å². The molecule has 0 bridgehead atoms. The highest BCUT2D eigenvalue weighted by atomic mass is 35.5. The number of carbonyl (C=O) groups excluding carboxylic acids is 1. The van der Waals surface area contributed by atoms with Crippen molar-refractivity contribution in [3.05, 3.63) is 63.9 Å². The Morgan fingerprint density at radius 1 is 1.32 bits per heavy atom. The number of benzene rings is 2. The summed E-state index contributed by atoms with van der Waals surface area (Å²) >= 11 is 5.68. The maximum Gasteiger partial charge on any atom is 0.153 e. The molecule has 0 saturated heterocycles. The number of ether oxygens (including phenoxy) is 1. The molecular formula is C15H12ClFO2. The lowest BCUT2D eigenvalue weighted by Crippen LogP contribution is -2.02. The maximum atomic E-state index is 13.6. The van der Waals surface area contributed by atoms with Crippen LogP contribution in [0.15, 0.2) is 36.4 Å². The summed E-state index contributed by atoms with van der Waals surface area (Å²) in [7, 11) is 0. The van der Waals surface area contributed by atoms with E-state index in [4.69, 9.17) is 16.3 Å². The maximum absolute atomic E-state index is 13.6. The van der Waals surface area contributed by atoms with Crippen LogP contribution in [0, 0.1) is 12.7 Å². The molecular weight excluding hydrogens is 267 g/mol. The van der Waals surface area contributed by atoms with Crippen molar-refractivity contribution in [3.63, 3.8) is 0 Å². The first kappa shape index (κ1) is 13.6. The average Bonchev–Trinajstić information content (AvgIpc) is 2.39. The third-order valence-corrected chi connectivity index (χ3v) is 2.99. The largest absolute Gasteiger partial charge is 0.488 e. The van der Waals surface area contributed by atoms with Gasteiger partial charge in [-0.1, -0.05) is 29.8 Å². The standard InChI is InChI=1S/C15H12ClFO2/c1-10-3-2-4-11(8-18)15(10)19-9-12-5-6-13(16)7-14(12)17/h2-8H,9H2,1H3. The Kier molecular flexibility index (Phi) is 4.17. The van der Waals surface area contributed by atoms with Crippen molar-refractivity contribution in [1.29, 1.82) is 0 Å². The molecule has 19 heavy (non-hydrogen) atoms. The molecule has 0 aliphatic heterocycles. The number of rotatable bonds is 4. The molecule has 98 valence electrons. The van der Waals surface area contributed by atoms with Gasteiger partial charge < -0.3 is 4.74 Å². The highest BCUT2D eigenvalue weighted by Crippen LogP contribution is 2.24. The van der Waals surface area contributed by atoms with Crippen molar-refractivity contribution in [2.75, 3.05) is 0 Å². The Balaban J connectivity index is 2.21. The zero-order valence-electron chi connectivity index (χ0n) is 10.3. The third-order valence-electron chi connectivity index (χ3n) is 2.76. The van der Waals surface area contributed by atoms with Gasteiger partial charge >= 0.3 is 0 Å². The van der Waals surface area contributed by atoms with Gasteiger partial charge in [-0.05, 0) is 30.7 Å². The fourth-order valence-electron chi connectivity index (χ4n) is 1.75. The van der Waals surface area contributed by atoms with Crippen LogP contribution in [0.3, 0.4) is 0 Å². The topological polar surface area (TPSA) is 26.3 Å². The van der Waals surface area contributed by atoms with Gasteiger partial charge in [-0.15, -0.1) is 0 Å². The van der Waals surface area contributed by atoms with Crippen LogP contribution in [0.4, 0.5) is 4.39 Å². The zero-order valence-corrected chi connectivity index (χ0v) is 11.1. The van der Waals surface area contributed by atoms with E-state index in [1.807, 2.05) is 13.0 Å². The third kappa shape index (κ3) is 3.12. The summed E-state index contributed by atoms with van der Waals surface area (Å²) in [6.45, 7) is 1.88. The molecule has 0 N–H and O–H groups in total. The predicted molar refractivity (Wildman–Crippen MR) is 72.3 cm³/mol. The Morgan fingerprint density at radius 2 is 2.11 bits per heavy atom. The van der Waals surface area contributed by atoms with Gasteiger partial charge in [0.05, 0.1) is 5.56 Å². The fourth-order valence-corrected chi connectivity index (χ4v) is 1.91. The summed E-state index contributed by atoms with van der Waals surface area (Å²) in [5, 5.41) is 0.339. The molecule has 0 aliphatic rings. The van der Waals surface area contributed by atoms with Crippen LogP contribution in [0.25, 0.3) is 0 Å². The van der Waals surface area contributed by atoms with Crippen LogP contribution in [0.5, 0.6) is 5.75 Å². The minimum absolute atomic E-state index is 0.0503. The molecule has 0 spiro atoms. The van der Waals surface area contributed by atoms with Gasteiger partial charge in [0.2, 0.25) is 0 Å². The summed E-state index contributed by atoms with van der Waals surface area (Å²) in [4.78, 5) is 10.9. The van der Waals surface area contributed by atoms with Crippen molar-refractivity contribution in [2.24, 2.45) is 0 Å². The number of hydrogen-bond donors (Lipinski definition) is 0. The molecule has 2 nitrogen and oxygen atoms in total. The van der Waals surface area contributed by atoms with Crippen LogP contribution < -0.4 is 4.74 Å². The minimum Gasteiger partial charge on any atom is -0.488 e. The summed E-state index contributed by atoms with van der Waals surface area (Å²) in [5.74, 6) is 0.0561. The molecule has 0 aliphatic carbocycles. The average molecular weight is 279 g/mol. The second-order valence-electron chi connectivity index (χ2n) is 4.14. The molecule has 0 radical (unpaired) electrons. The first-order valence-electron chi connectivity index (χ1n) is 5.73. The molecule has 0 unspecified atom stereocenters. The molecule has 0 aromatic heterocycles. The molecule has 0 atom stereocenters. The predicted octanol–water partition coefficient (Wildman–Crippen LogP) is 4.18. The van der Waals surface area contributed by atoms with Gasteiger partial charge in [-0.25, -0.2) is 4.39 Å². The lowest BCUT2D eigenvalue weighted by molar-refractivity contribution is 0.111. The first-order chi connectivity index (χ1) is 9.11. The fraction of sp³-hybridized carbons (Fsp3) is 0.133. The smallest absolute Gasteiger partial charge is 0.153 e. The summed E-state index contributed by atoms with van der Waals surface area (Å²) in [5.41, 5.74) is 1.68. The Morgan fingerprint density at radius 3 is 2.79 bits per heavy atom. The van der Waals surface area contributed by atoms with Crippen LogP contribution >= 0.6 is 11.6 Å². The Bertz CT molecular complexity index is 611. The van der Waals surface area contributed by atoms with E-state index in [1.165, 1.54) is 6.07 Å². The summed E-state index contributed by atoms with van der Waals surface area (Å²) < 4.78 is 19.2. The SMILES string of the molecule is Cc1cccc(C=O)c1OCc1ccc(Cl)cc1F. The monoisotopic (exact) mass is 278 g/mol. The van der Waals surface area contributed by atoms with Crippen molar-refractivity contribution in [1.82, 2.24) is 0 Å². The lowest BCUT2D eigenvalue weighted by atomic mass is 10.1. The van der Waals surface area contributed by atoms with E-state index in [1.54, 1.807) is 24.3 Å². The van der Waals surface area contributed by atoms with E-state index in [2.05, 4.69) is 0 Å². The number of halogens is 2. The number of carbonyl (C=O) groups is 1. The van der Waals surface area contributed by atoms with E-state index in [9.17, 15) is 9.18 Å². The number of aldehydes is 1. The van der Waals surface area contributed by atoms with Crippen molar-refractivity contribution >= 4 is 17.9 Å². The molecule has 0 amide bonds. The summed E-state index contributed by atoms with van der Waals surface area (Å²) in [6.07, 6.45) is 0.723.